The summed E-state index contributed by atoms with van der Waals surface area (Å²) < 4.78 is 0. The van der Waals surface area contributed by atoms with Crippen LogP contribution in [-0.2, 0) is 0 Å². The van der Waals surface area contributed by atoms with Crippen LogP contribution in [0.4, 0.5) is 0 Å². The minimum atomic E-state index is -0.101. The number of allylic oxidation sites excluding steroid dienone is 8. The van der Waals surface area contributed by atoms with Gasteiger partial charge in [0.05, 0.1) is 0 Å². The predicted molar refractivity (Wildman–Crippen MR) is 114 cm³/mol. The molecule has 134 valence electrons. The van der Waals surface area contributed by atoms with Gasteiger partial charge >= 0.3 is 0 Å². The van der Waals surface area contributed by atoms with Gasteiger partial charge in [-0.25, -0.2) is 0 Å². The molecule has 1 aliphatic carbocycles. The Morgan fingerprint density at radius 1 is 0.640 bits per heavy atom. The van der Waals surface area contributed by atoms with Gasteiger partial charge in [0.15, 0.2) is 0 Å². The van der Waals surface area contributed by atoms with Crippen LogP contribution in [0.25, 0.3) is 0 Å². The maximum Gasteiger partial charge on any atom is 0.0185 e. The molecule has 0 saturated heterocycles. The van der Waals surface area contributed by atoms with Crippen LogP contribution in [0.2, 0.25) is 0 Å². The summed E-state index contributed by atoms with van der Waals surface area (Å²) in [4.78, 5) is 0. The average molecular weight is 370 g/mol. The average Bonchev–Trinajstić information content (AvgIpc) is 3.12. The molecule has 0 aromatic carbocycles. The third kappa shape index (κ3) is 1.35. The molecule has 6 atom stereocenters. The molecule has 0 aromatic heterocycles. The summed E-state index contributed by atoms with van der Waals surface area (Å²) in [6, 6.07) is 0. The molecule has 0 amide bonds. The summed E-state index contributed by atoms with van der Waals surface area (Å²) in [6.45, 7) is 25.2. The molecule has 4 heterocycles. The van der Waals surface area contributed by atoms with E-state index in [1.807, 2.05) is 21.8 Å². The van der Waals surface area contributed by atoms with Crippen molar-refractivity contribution in [2.24, 2.45) is 16.2 Å². The molecule has 4 aliphatic heterocycles. The van der Waals surface area contributed by atoms with E-state index in [-0.39, 0.29) is 21.3 Å². The maximum absolute atomic E-state index is 2.58. The summed E-state index contributed by atoms with van der Waals surface area (Å²) in [6.07, 6.45) is 0. The minimum Gasteiger partial charge on any atom is -0.0589 e. The second-order valence-electron chi connectivity index (χ2n) is 9.99. The highest BCUT2D eigenvalue weighted by atomic mass is 31.1. The number of hydrogen-bond acceptors (Lipinski definition) is 0. The van der Waals surface area contributed by atoms with Crippen LogP contribution in [0.15, 0.2) is 43.5 Å². The quantitative estimate of drug-likeness (QED) is 0.380. The van der Waals surface area contributed by atoms with Crippen molar-refractivity contribution in [2.75, 3.05) is 0 Å². The van der Waals surface area contributed by atoms with Gasteiger partial charge in [0.25, 0.3) is 0 Å². The van der Waals surface area contributed by atoms with E-state index in [2.05, 4.69) is 69.2 Å². The normalized spacial score (nSPS) is 49.2. The Kier molecular flexibility index (Phi) is 2.90. The summed E-state index contributed by atoms with van der Waals surface area (Å²) in [7, 11) is -0.203. The van der Waals surface area contributed by atoms with Crippen LogP contribution < -0.4 is 0 Å². The van der Waals surface area contributed by atoms with Gasteiger partial charge in [-0.15, -0.1) is 0 Å². The van der Waals surface area contributed by atoms with E-state index in [1.54, 1.807) is 21.8 Å². The molecule has 0 nitrogen and oxygen atoms in total. The van der Waals surface area contributed by atoms with Crippen molar-refractivity contribution >= 4 is 15.8 Å². The minimum absolute atomic E-state index is 0.101. The monoisotopic (exact) mass is 370 g/mol. The first-order valence-electron chi connectivity index (χ1n) is 9.89. The summed E-state index contributed by atoms with van der Waals surface area (Å²) in [5, 5.41) is 7.29. The third-order valence-electron chi connectivity index (χ3n) is 9.28. The molecule has 0 aromatic rings. The number of rotatable bonds is 0. The fourth-order valence-corrected chi connectivity index (χ4v) is 15.9. The fourth-order valence-electron chi connectivity index (χ4n) is 7.57. The Morgan fingerprint density at radius 3 is 1.28 bits per heavy atom. The second-order valence-corrected chi connectivity index (χ2v) is 15.3. The van der Waals surface area contributed by atoms with Gasteiger partial charge in [0, 0.05) is 16.2 Å². The molecule has 5 rings (SSSR count). The van der Waals surface area contributed by atoms with E-state index < -0.39 is 0 Å². The van der Waals surface area contributed by atoms with Gasteiger partial charge in [-0.05, 0) is 87.3 Å². The Balaban J connectivity index is 1.82. The molecule has 0 radical (unpaired) electrons. The Morgan fingerprint density at radius 2 is 0.960 bits per heavy atom. The molecule has 2 heteroatoms. The zero-order valence-electron chi connectivity index (χ0n) is 17.5. The number of hydrogen-bond donors (Lipinski definition) is 0. The van der Waals surface area contributed by atoms with Crippen LogP contribution in [0.3, 0.4) is 0 Å². The molecule has 25 heavy (non-hydrogen) atoms. The molecule has 0 N–H and O–H groups in total. The molecule has 0 fully saturated rings. The zero-order valence-corrected chi connectivity index (χ0v) is 19.3. The molecule has 0 spiro atoms. The Labute approximate surface area is 156 Å². The van der Waals surface area contributed by atoms with Crippen molar-refractivity contribution in [3.8, 4) is 0 Å². The van der Waals surface area contributed by atoms with Crippen LogP contribution in [-0.4, -0.2) is 11.3 Å². The van der Waals surface area contributed by atoms with Crippen molar-refractivity contribution in [1.82, 2.24) is 0 Å². The summed E-state index contributed by atoms with van der Waals surface area (Å²) >= 11 is 0. The summed E-state index contributed by atoms with van der Waals surface area (Å²) in [5.41, 5.74) is 9.60. The zero-order chi connectivity index (χ0) is 18.4. The van der Waals surface area contributed by atoms with E-state index in [9.17, 15) is 0 Å². The van der Waals surface area contributed by atoms with E-state index >= 15 is 0 Å². The lowest BCUT2D eigenvalue weighted by Crippen LogP contribution is -2.38. The van der Waals surface area contributed by atoms with E-state index in [1.165, 1.54) is 0 Å². The van der Waals surface area contributed by atoms with Crippen LogP contribution in [0.1, 0.15) is 69.2 Å². The predicted octanol–water partition coefficient (Wildman–Crippen LogP) is 7.93. The third-order valence-corrected chi connectivity index (χ3v) is 16.0. The Hall–Kier alpha value is -0.180. The SMILES string of the molecule is CC1=C(C)[C@]2(C)C3=C(C4=C(C3(C)C)[C@@]3(C)C(C)=C(C)P4C3C)P1C2C. The summed E-state index contributed by atoms with van der Waals surface area (Å²) in [5.74, 6) is 0. The van der Waals surface area contributed by atoms with Crippen LogP contribution >= 0.6 is 15.8 Å². The largest absolute Gasteiger partial charge is 0.0589 e. The van der Waals surface area contributed by atoms with Crippen molar-refractivity contribution in [1.29, 1.82) is 0 Å². The van der Waals surface area contributed by atoms with Crippen molar-refractivity contribution in [3.05, 3.63) is 43.5 Å². The van der Waals surface area contributed by atoms with Gasteiger partial charge in [0.1, 0.15) is 0 Å². The van der Waals surface area contributed by atoms with Gasteiger partial charge in [-0.2, -0.15) is 0 Å². The molecule has 4 unspecified atom stereocenters. The van der Waals surface area contributed by atoms with Crippen LogP contribution in [0, 0.1) is 16.2 Å². The highest BCUT2D eigenvalue weighted by molar-refractivity contribution is 7.74. The lowest BCUT2D eigenvalue weighted by molar-refractivity contribution is 0.328. The van der Waals surface area contributed by atoms with Gasteiger partial charge in [-0.3, -0.25) is 0 Å². The smallest absolute Gasteiger partial charge is 0.0185 e. The number of fused-ring (bicyclic) bond motifs is 9. The maximum atomic E-state index is 2.58. The van der Waals surface area contributed by atoms with Crippen molar-refractivity contribution in [2.45, 2.75) is 80.6 Å². The second kappa shape index (κ2) is 4.28. The fraction of sp³-hybridized carbons (Fsp3) is 0.652. The highest BCUT2D eigenvalue weighted by Gasteiger charge is 2.70. The van der Waals surface area contributed by atoms with Gasteiger partial charge in [-0.1, -0.05) is 52.7 Å². The first kappa shape index (κ1) is 17.0. The van der Waals surface area contributed by atoms with E-state index in [0.29, 0.717) is 10.8 Å². The van der Waals surface area contributed by atoms with Crippen molar-refractivity contribution in [3.63, 3.8) is 0 Å². The molecule has 0 saturated carbocycles. The van der Waals surface area contributed by atoms with Crippen molar-refractivity contribution < 1.29 is 0 Å². The Bertz CT molecular complexity index is 821. The van der Waals surface area contributed by atoms with E-state index in [4.69, 9.17) is 0 Å². The lowest BCUT2D eigenvalue weighted by Gasteiger charge is -2.45. The first-order valence-corrected chi connectivity index (χ1v) is 12.7. The topological polar surface area (TPSA) is 0 Å². The highest BCUT2D eigenvalue weighted by Crippen LogP contribution is 2.92. The van der Waals surface area contributed by atoms with Gasteiger partial charge in [0.2, 0.25) is 0 Å². The van der Waals surface area contributed by atoms with Gasteiger partial charge < -0.3 is 0 Å². The van der Waals surface area contributed by atoms with Crippen LogP contribution in [0.5, 0.6) is 0 Å². The molecule has 4 bridgehead atoms. The first-order chi connectivity index (χ1) is 11.4. The standard InChI is InChI=1S/C23H32P2/c1-11-13(3)24-15(5)22(11,9)19-17(24)18-20(21(19,7)8)23(10)12(2)14(4)25(18)16(23)6/h15-16H,1-10H3/t15?,16?,22-,23-,24?,25?/m0/s1. The lowest BCUT2D eigenvalue weighted by atomic mass is 9.58. The van der Waals surface area contributed by atoms with E-state index in [0.717, 1.165) is 11.3 Å². The molecular weight excluding hydrogens is 338 g/mol. The molecule has 5 aliphatic rings. The molecular formula is C23H32P2.